The van der Waals surface area contributed by atoms with E-state index in [0.717, 1.165) is 17.5 Å². The molecule has 6 heteroatoms. The predicted octanol–water partition coefficient (Wildman–Crippen LogP) is -0.573. The number of hydrogen-bond acceptors (Lipinski definition) is 3. The van der Waals surface area contributed by atoms with Gasteiger partial charge in [0, 0.05) is 12.3 Å². The van der Waals surface area contributed by atoms with Crippen LogP contribution in [0.15, 0.2) is 5.10 Å². The van der Waals surface area contributed by atoms with Crippen molar-refractivity contribution in [2.24, 2.45) is 10.8 Å². The second-order valence-corrected chi connectivity index (χ2v) is 3.19. The summed E-state index contributed by atoms with van der Waals surface area (Å²) in [5.41, 5.74) is 7.65. The molecule has 56 valence electrons. The van der Waals surface area contributed by atoms with Crippen molar-refractivity contribution in [3.05, 3.63) is 0 Å². The third-order valence-corrected chi connectivity index (χ3v) is 1.89. The van der Waals surface area contributed by atoms with Gasteiger partial charge in [-0.2, -0.15) is 0 Å². The van der Waals surface area contributed by atoms with Crippen LogP contribution in [0.4, 0.5) is 0 Å². The van der Waals surface area contributed by atoms with Crippen molar-refractivity contribution in [2.45, 2.75) is 0 Å². The van der Waals surface area contributed by atoms with E-state index in [1.165, 1.54) is 0 Å². The molecule has 0 aromatic heterocycles. The Morgan fingerprint density at radius 3 is 3.20 bits per heavy atom. The van der Waals surface area contributed by atoms with Crippen LogP contribution in [0.1, 0.15) is 0 Å². The molecule has 4 nitrogen and oxygen atoms in total. The average Bonchev–Trinajstić information content (AvgIpc) is 2.34. The molecule has 0 unspecified atom stereocenters. The Morgan fingerprint density at radius 2 is 2.70 bits per heavy atom. The molecule has 1 heterocycles. The van der Waals surface area contributed by atoms with Gasteiger partial charge < -0.3 is 11.1 Å². The molecule has 0 aromatic rings. The Kier molecular flexibility index (Phi) is 2.76. The highest BCUT2D eigenvalue weighted by Gasteiger charge is 2.06. The molecule has 1 rings (SSSR count). The molecule has 1 aliphatic heterocycles. The molecule has 0 bridgehead atoms. The van der Waals surface area contributed by atoms with Gasteiger partial charge in [-0.25, -0.2) is 0 Å². The van der Waals surface area contributed by atoms with Crippen LogP contribution >= 0.6 is 24.0 Å². The number of hydrazone groups is 1. The highest BCUT2D eigenvalue weighted by molar-refractivity contribution is 8.14. The standard InChI is InChI=1S/C4H8N4S2/c5-3(9)7-8-4-6-1-2-10-4/h1-2H2,(H,6,8)(H3,5,7,9). The summed E-state index contributed by atoms with van der Waals surface area (Å²) in [6.07, 6.45) is 0. The normalized spacial score (nSPS) is 20.6. The van der Waals surface area contributed by atoms with Gasteiger partial charge in [0.1, 0.15) is 0 Å². The van der Waals surface area contributed by atoms with Gasteiger partial charge in [0.2, 0.25) is 0 Å². The minimum atomic E-state index is 0.196. The van der Waals surface area contributed by atoms with Gasteiger partial charge in [0.15, 0.2) is 10.3 Å². The molecule has 0 radical (unpaired) electrons. The zero-order valence-corrected chi connectivity index (χ0v) is 6.89. The molecule has 10 heavy (non-hydrogen) atoms. The van der Waals surface area contributed by atoms with Gasteiger partial charge in [0.05, 0.1) is 0 Å². The Hall–Kier alpha value is -0.490. The van der Waals surface area contributed by atoms with E-state index in [9.17, 15) is 0 Å². The summed E-state index contributed by atoms with van der Waals surface area (Å²) in [4.78, 5) is 0. The zero-order chi connectivity index (χ0) is 7.40. The van der Waals surface area contributed by atoms with Crippen LogP contribution < -0.4 is 16.5 Å². The molecule has 0 spiro atoms. The molecule has 0 aliphatic carbocycles. The summed E-state index contributed by atoms with van der Waals surface area (Å²) in [6, 6.07) is 0. The lowest BCUT2D eigenvalue weighted by Crippen LogP contribution is -2.27. The van der Waals surface area contributed by atoms with Crippen molar-refractivity contribution >= 4 is 34.3 Å². The number of amidine groups is 1. The van der Waals surface area contributed by atoms with E-state index < -0.39 is 0 Å². The number of nitrogens with zero attached hydrogens (tertiary/aromatic N) is 1. The Labute approximate surface area is 68.6 Å². The third kappa shape index (κ3) is 2.40. The lowest BCUT2D eigenvalue weighted by atomic mass is 10.8. The first-order chi connectivity index (χ1) is 4.79. The fourth-order valence-electron chi connectivity index (χ4n) is 0.534. The van der Waals surface area contributed by atoms with Gasteiger partial charge >= 0.3 is 0 Å². The van der Waals surface area contributed by atoms with Crippen molar-refractivity contribution in [3.8, 4) is 0 Å². The molecule has 1 aliphatic rings. The van der Waals surface area contributed by atoms with Crippen LogP contribution in [0.25, 0.3) is 0 Å². The highest BCUT2D eigenvalue weighted by Crippen LogP contribution is 2.05. The summed E-state index contributed by atoms with van der Waals surface area (Å²) in [7, 11) is 0. The molecule has 0 atom stereocenters. The van der Waals surface area contributed by atoms with Gasteiger partial charge in [0.25, 0.3) is 0 Å². The van der Waals surface area contributed by atoms with Gasteiger partial charge in [-0.15, -0.1) is 5.10 Å². The van der Waals surface area contributed by atoms with Crippen LogP contribution in [0.5, 0.6) is 0 Å². The van der Waals surface area contributed by atoms with Crippen molar-refractivity contribution in [1.29, 1.82) is 0 Å². The van der Waals surface area contributed by atoms with Gasteiger partial charge in [-0.1, -0.05) is 11.8 Å². The second-order valence-electron chi connectivity index (χ2n) is 1.67. The summed E-state index contributed by atoms with van der Waals surface area (Å²) in [5.74, 6) is 1.05. The van der Waals surface area contributed by atoms with Crippen LogP contribution in [0, 0.1) is 0 Å². The summed E-state index contributed by atoms with van der Waals surface area (Å²) >= 11 is 6.20. The summed E-state index contributed by atoms with van der Waals surface area (Å²) < 4.78 is 0. The molecular weight excluding hydrogens is 168 g/mol. The van der Waals surface area contributed by atoms with Crippen LogP contribution in [-0.4, -0.2) is 22.6 Å². The maximum absolute atomic E-state index is 5.15. The molecule has 0 saturated carbocycles. The van der Waals surface area contributed by atoms with E-state index >= 15 is 0 Å². The predicted molar refractivity (Wildman–Crippen MR) is 47.8 cm³/mol. The minimum absolute atomic E-state index is 0.196. The Bertz CT molecular complexity index is 159. The highest BCUT2D eigenvalue weighted by atomic mass is 32.2. The fraction of sp³-hybridized carbons (Fsp3) is 0.500. The molecular formula is C4H8N4S2. The van der Waals surface area contributed by atoms with Gasteiger partial charge in [-0.05, 0) is 12.2 Å². The summed E-state index contributed by atoms with van der Waals surface area (Å²) in [5, 5.41) is 7.97. The zero-order valence-electron chi connectivity index (χ0n) is 5.26. The monoisotopic (exact) mass is 176 g/mol. The largest absolute Gasteiger partial charge is 0.375 e. The molecule has 0 amide bonds. The van der Waals surface area contributed by atoms with E-state index in [1.807, 2.05) is 0 Å². The third-order valence-electron chi connectivity index (χ3n) is 0.885. The van der Waals surface area contributed by atoms with E-state index in [-0.39, 0.29) is 5.11 Å². The minimum Gasteiger partial charge on any atom is -0.375 e. The van der Waals surface area contributed by atoms with Crippen LogP contribution in [0.3, 0.4) is 0 Å². The lowest BCUT2D eigenvalue weighted by Gasteiger charge is -1.96. The molecule has 0 aromatic carbocycles. The first-order valence-electron chi connectivity index (χ1n) is 2.79. The number of thioether (sulfide) groups is 1. The van der Waals surface area contributed by atoms with Crippen LogP contribution in [0.2, 0.25) is 0 Å². The van der Waals surface area contributed by atoms with Gasteiger partial charge in [-0.3, -0.25) is 5.43 Å². The topological polar surface area (TPSA) is 62.4 Å². The fourth-order valence-corrected chi connectivity index (χ4v) is 1.29. The van der Waals surface area contributed by atoms with E-state index in [1.54, 1.807) is 11.8 Å². The molecule has 1 saturated heterocycles. The summed E-state index contributed by atoms with van der Waals surface area (Å²) in [6.45, 7) is 0.961. The maximum Gasteiger partial charge on any atom is 0.184 e. The van der Waals surface area contributed by atoms with E-state index in [0.29, 0.717) is 0 Å². The maximum atomic E-state index is 5.15. The number of hydrogen-bond donors (Lipinski definition) is 3. The SMILES string of the molecule is NC(=S)N/N=C1/NCCS1. The first kappa shape index (κ1) is 7.62. The lowest BCUT2D eigenvalue weighted by molar-refractivity contribution is 0.968. The Morgan fingerprint density at radius 1 is 1.90 bits per heavy atom. The molecule has 4 N–H and O–H groups in total. The first-order valence-corrected chi connectivity index (χ1v) is 4.18. The second kappa shape index (κ2) is 3.62. The van der Waals surface area contributed by atoms with Crippen LogP contribution in [-0.2, 0) is 0 Å². The van der Waals surface area contributed by atoms with Crippen molar-refractivity contribution in [1.82, 2.24) is 10.7 Å². The molecule has 1 fully saturated rings. The van der Waals surface area contributed by atoms with Crippen molar-refractivity contribution in [3.63, 3.8) is 0 Å². The van der Waals surface area contributed by atoms with E-state index in [2.05, 4.69) is 28.1 Å². The smallest absolute Gasteiger partial charge is 0.184 e. The quantitative estimate of drug-likeness (QED) is 0.369. The number of rotatable bonds is 1. The van der Waals surface area contributed by atoms with E-state index in [4.69, 9.17) is 5.73 Å². The number of thiocarbonyl (C=S) groups is 1. The number of nitrogens with two attached hydrogens (primary N) is 1. The van der Waals surface area contributed by atoms with Crippen molar-refractivity contribution in [2.75, 3.05) is 12.3 Å². The Balaban J connectivity index is 2.31. The van der Waals surface area contributed by atoms with Crippen molar-refractivity contribution < 1.29 is 0 Å². The average molecular weight is 176 g/mol. The number of nitrogens with one attached hydrogen (secondary N) is 2.